The van der Waals surface area contributed by atoms with Gasteiger partial charge in [0.15, 0.2) is 5.78 Å². The molecule has 2 unspecified atom stereocenters. The van der Waals surface area contributed by atoms with Gasteiger partial charge in [-0.05, 0) is 55.7 Å². The van der Waals surface area contributed by atoms with Crippen LogP contribution in [0.15, 0.2) is 30.9 Å². The van der Waals surface area contributed by atoms with Gasteiger partial charge < -0.3 is 9.47 Å². The summed E-state index contributed by atoms with van der Waals surface area (Å²) in [6.45, 7) is 3.65. The van der Waals surface area contributed by atoms with Gasteiger partial charge in [-0.25, -0.2) is 0 Å². The smallest absolute Gasteiger partial charge is 0.317 e. The van der Waals surface area contributed by atoms with E-state index >= 15 is 0 Å². The third-order valence-corrected chi connectivity index (χ3v) is 6.30. The summed E-state index contributed by atoms with van der Waals surface area (Å²) in [4.78, 5) is 25.3. The maximum atomic E-state index is 12.7. The maximum absolute atomic E-state index is 12.7. The molecule has 1 aromatic carbocycles. The standard InChI is InChI=1S/C22H27ClO4/c1-3-6-17-19(24)14-22(27-21(17)25,16-7-4-5-8-16)12-11-15-9-10-20(26-2)18(23)13-15/h3,9-10,13,16-17H,1,4-8,11-12,14H2,2H3. The molecule has 2 aliphatic rings. The van der Waals surface area contributed by atoms with Crippen LogP contribution in [0, 0.1) is 11.8 Å². The first-order chi connectivity index (χ1) is 13.0. The number of carbonyl (C=O) groups excluding carboxylic acids is 2. The number of esters is 1. The SMILES string of the molecule is C=CCC1C(=O)CC(CCc2ccc(OC)c(Cl)c2)(C2CCCC2)OC1=O. The van der Waals surface area contributed by atoms with Crippen LogP contribution in [-0.2, 0) is 20.7 Å². The Morgan fingerprint density at radius 3 is 2.67 bits per heavy atom. The summed E-state index contributed by atoms with van der Waals surface area (Å²) >= 11 is 6.24. The second-order valence-corrected chi connectivity index (χ2v) is 8.06. The molecular formula is C22H27ClO4. The van der Waals surface area contributed by atoms with Gasteiger partial charge in [-0.3, -0.25) is 9.59 Å². The first-order valence-corrected chi connectivity index (χ1v) is 10.1. The monoisotopic (exact) mass is 390 g/mol. The summed E-state index contributed by atoms with van der Waals surface area (Å²) in [6, 6.07) is 5.70. The highest BCUT2D eigenvalue weighted by Gasteiger charge is 2.51. The van der Waals surface area contributed by atoms with Gasteiger partial charge in [0.1, 0.15) is 17.3 Å². The number of Topliss-reactive ketones (excluding diaryl/α,β-unsaturated/α-hetero) is 1. The van der Waals surface area contributed by atoms with Crippen LogP contribution in [0.3, 0.4) is 0 Å². The normalized spacial score (nSPS) is 26.1. The molecule has 2 atom stereocenters. The Hall–Kier alpha value is -1.81. The van der Waals surface area contributed by atoms with Crippen molar-refractivity contribution in [3.05, 3.63) is 41.4 Å². The molecule has 5 heteroatoms. The van der Waals surface area contributed by atoms with E-state index in [2.05, 4.69) is 6.58 Å². The van der Waals surface area contributed by atoms with Crippen LogP contribution in [0.1, 0.15) is 50.5 Å². The van der Waals surface area contributed by atoms with Crippen LogP contribution in [-0.4, -0.2) is 24.5 Å². The molecule has 1 heterocycles. The number of halogens is 1. The van der Waals surface area contributed by atoms with Crippen LogP contribution in [0.2, 0.25) is 5.02 Å². The number of rotatable bonds is 7. The molecule has 0 spiro atoms. The van der Waals surface area contributed by atoms with E-state index in [1.165, 1.54) is 0 Å². The molecule has 4 nitrogen and oxygen atoms in total. The van der Waals surface area contributed by atoms with Gasteiger partial charge in [0, 0.05) is 6.42 Å². The van der Waals surface area contributed by atoms with Crippen LogP contribution < -0.4 is 4.74 Å². The lowest BCUT2D eigenvalue weighted by atomic mass is 9.74. The van der Waals surface area contributed by atoms with Gasteiger partial charge in [0.25, 0.3) is 0 Å². The topological polar surface area (TPSA) is 52.6 Å². The Labute approximate surface area is 165 Å². The lowest BCUT2D eigenvalue weighted by Crippen LogP contribution is -2.51. The fraction of sp³-hybridized carbons (Fsp3) is 0.545. The largest absolute Gasteiger partial charge is 0.495 e. The number of allylic oxidation sites excluding steroid dienone is 1. The van der Waals surface area contributed by atoms with Crippen molar-refractivity contribution in [2.24, 2.45) is 11.8 Å². The van der Waals surface area contributed by atoms with Crippen molar-refractivity contribution in [1.29, 1.82) is 0 Å². The van der Waals surface area contributed by atoms with Crippen LogP contribution in [0.4, 0.5) is 0 Å². The van der Waals surface area contributed by atoms with Gasteiger partial charge in [-0.2, -0.15) is 0 Å². The molecule has 1 aromatic rings. The minimum Gasteiger partial charge on any atom is -0.495 e. The number of hydrogen-bond donors (Lipinski definition) is 0. The highest BCUT2D eigenvalue weighted by atomic mass is 35.5. The van der Waals surface area contributed by atoms with E-state index in [9.17, 15) is 9.59 Å². The van der Waals surface area contributed by atoms with Crippen molar-refractivity contribution in [3.8, 4) is 5.75 Å². The fourth-order valence-electron chi connectivity index (χ4n) is 4.50. The Kier molecular flexibility index (Phi) is 6.25. The molecule has 1 aliphatic heterocycles. The molecule has 0 amide bonds. The first-order valence-electron chi connectivity index (χ1n) is 9.68. The predicted octanol–water partition coefficient (Wildman–Crippen LogP) is 4.92. The summed E-state index contributed by atoms with van der Waals surface area (Å²) in [6.07, 6.45) is 7.90. The van der Waals surface area contributed by atoms with Crippen LogP contribution in [0.25, 0.3) is 0 Å². The number of carbonyl (C=O) groups is 2. The molecule has 0 aromatic heterocycles. The number of methoxy groups -OCH3 is 1. The zero-order valence-electron chi connectivity index (χ0n) is 15.8. The van der Waals surface area contributed by atoms with Crippen molar-refractivity contribution in [2.75, 3.05) is 7.11 Å². The van der Waals surface area contributed by atoms with Gasteiger partial charge in [0.2, 0.25) is 0 Å². The van der Waals surface area contributed by atoms with E-state index in [1.807, 2.05) is 18.2 Å². The Morgan fingerprint density at radius 1 is 1.33 bits per heavy atom. The van der Waals surface area contributed by atoms with Crippen molar-refractivity contribution >= 4 is 23.4 Å². The molecule has 146 valence electrons. The third kappa shape index (κ3) is 4.21. The fourth-order valence-corrected chi connectivity index (χ4v) is 4.78. The minimum absolute atomic E-state index is 0.00851. The van der Waals surface area contributed by atoms with E-state index in [1.54, 1.807) is 13.2 Å². The summed E-state index contributed by atoms with van der Waals surface area (Å²) < 4.78 is 11.2. The average Bonchev–Trinajstić information content (AvgIpc) is 3.19. The molecule has 1 aliphatic carbocycles. The summed E-state index contributed by atoms with van der Waals surface area (Å²) in [5, 5.41) is 0.563. The van der Waals surface area contributed by atoms with E-state index in [-0.39, 0.29) is 17.7 Å². The predicted molar refractivity (Wildman–Crippen MR) is 105 cm³/mol. The van der Waals surface area contributed by atoms with Crippen molar-refractivity contribution in [1.82, 2.24) is 0 Å². The Morgan fingerprint density at radius 2 is 2.07 bits per heavy atom. The molecule has 1 saturated heterocycles. The number of aryl methyl sites for hydroxylation is 1. The minimum atomic E-state index is -0.688. The second kappa shape index (κ2) is 8.47. The van der Waals surface area contributed by atoms with Gasteiger partial charge in [-0.1, -0.05) is 36.6 Å². The molecule has 27 heavy (non-hydrogen) atoms. The van der Waals surface area contributed by atoms with Crippen molar-refractivity contribution in [3.63, 3.8) is 0 Å². The van der Waals surface area contributed by atoms with Crippen LogP contribution >= 0.6 is 11.6 Å². The number of ether oxygens (including phenoxy) is 2. The molecule has 0 bridgehead atoms. The average molecular weight is 391 g/mol. The Balaban J connectivity index is 1.80. The number of hydrogen-bond acceptors (Lipinski definition) is 4. The number of cyclic esters (lactones) is 1. The van der Waals surface area contributed by atoms with Crippen molar-refractivity contribution < 1.29 is 19.1 Å². The Bertz CT molecular complexity index is 703. The third-order valence-electron chi connectivity index (χ3n) is 6.01. The molecule has 3 rings (SSSR count). The summed E-state index contributed by atoms with van der Waals surface area (Å²) in [7, 11) is 1.59. The highest BCUT2D eigenvalue weighted by molar-refractivity contribution is 6.32. The number of ketones is 1. The van der Waals surface area contributed by atoms with E-state index in [4.69, 9.17) is 21.1 Å². The van der Waals surface area contributed by atoms with E-state index < -0.39 is 11.5 Å². The maximum Gasteiger partial charge on any atom is 0.317 e. The van der Waals surface area contributed by atoms with Crippen molar-refractivity contribution in [2.45, 2.75) is 57.0 Å². The van der Waals surface area contributed by atoms with Crippen LogP contribution in [0.5, 0.6) is 5.75 Å². The lowest BCUT2D eigenvalue weighted by Gasteiger charge is -2.43. The zero-order valence-corrected chi connectivity index (χ0v) is 16.6. The second-order valence-electron chi connectivity index (χ2n) is 7.66. The van der Waals surface area contributed by atoms with Gasteiger partial charge in [0.05, 0.1) is 12.1 Å². The van der Waals surface area contributed by atoms with Gasteiger partial charge in [-0.15, -0.1) is 6.58 Å². The summed E-state index contributed by atoms with van der Waals surface area (Å²) in [5.74, 6) is -0.189. The van der Waals surface area contributed by atoms with E-state index in [0.29, 0.717) is 36.5 Å². The number of benzene rings is 1. The summed E-state index contributed by atoms with van der Waals surface area (Å²) in [5.41, 5.74) is 0.365. The molecule has 1 saturated carbocycles. The lowest BCUT2D eigenvalue weighted by molar-refractivity contribution is -0.185. The molecule has 0 N–H and O–H groups in total. The quantitative estimate of drug-likeness (QED) is 0.376. The van der Waals surface area contributed by atoms with Gasteiger partial charge >= 0.3 is 5.97 Å². The zero-order chi connectivity index (χ0) is 19.4. The van der Waals surface area contributed by atoms with E-state index in [0.717, 1.165) is 31.2 Å². The molecule has 2 fully saturated rings. The molecule has 0 radical (unpaired) electrons. The molecular weight excluding hydrogens is 364 g/mol. The highest BCUT2D eigenvalue weighted by Crippen LogP contribution is 2.45. The first kappa shape index (κ1) is 19.9.